The van der Waals surface area contributed by atoms with Crippen molar-refractivity contribution in [2.45, 2.75) is 25.2 Å². The fraction of sp³-hybridized carbons (Fsp3) is 0.300. The van der Waals surface area contributed by atoms with E-state index < -0.39 is 6.10 Å². The van der Waals surface area contributed by atoms with Gasteiger partial charge in [-0.05, 0) is 36.8 Å². The van der Waals surface area contributed by atoms with E-state index in [0.717, 1.165) is 35.2 Å². The number of likely N-dealkylation sites (tertiary alicyclic amines) is 1. The average molecular weight is 350 g/mol. The number of hydrogen-bond acceptors (Lipinski definition) is 6. The van der Waals surface area contributed by atoms with Crippen molar-refractivity contribution in [3.8, 4) is 5.75 Å². The van der Waals surface area contributed by atoms with E-state index in [0.29, 0.717) is 18.9 Å². The van der Waals surface area contributed by atoms with Crippen LogP contribution in [0.25, 0.3) is 10.9 Å². The third kappa shape index (κ3) is 3.61. The summed E-state index contributed by atoms with van der Waals surface area (Å²) in [7, 11) is 0. The summed E-state index contributed by atoms with van der Waals surface area (Å²) in [6, 6.07) is 13.6. The topological polar surface area (TPSA) is 84.5 Å². The smallest absolute Gasteiger partial charge is 0.127 e. The van der Waals surface area contributed by atoms with Crippen LogP contribution in [0.5, 0.6) is 5.75 Å². The third-order valence-electron chi connectivity index (χ3n) is 4.79. The molecule has 1 saturated heterocycles. The van der Waals surface area contributed by atoms with Crippen molar-refractivity contribution in [2.24, 2.45) is 0 Å². The summed E-state index contributed by atoms with van der Waals surface area (Å²) in [5.41, 5.74) is 7.84. The summed E-state index contributed by atoms with van der Waals surface area (Å²) < 4.78 is 6.06. The zero-order valence-electron chi connectivity index (χ0n) is 14.5. The molecule has 3 heterocycles. The number of ether oxygens (including phenoxy) is 1. The van der Waals surface area contributed by atoms with E-state index in [1.165, 1.54) is 0 Å². The van der Waals surface area contributed by atoms with Gasteiger partial charge in [-0.1, -0.05) is 12.1 Å². The number of nitrogen functional groups attached to an aromatic ring is 1. The second-order valence-electron chi connectivity index (χ2n) is 6.65. The Morgan fingerprint density at radius 1 is 1.15 bits per heavy atom. The zero-order chi connectivity index (χ0) is 17.9. The maximum absolute atomic E-state index is 10.5. The zero-order valence-corrected chi connectivity index (χ0v) is 14.5. The molecule has 0 spiro atoms. The SMILES string of the molecule is Nc1ncccc1CN1CC[C@@H](Oc2ccc3ncccc3c2)[C@H](O)C1. The van der Waals surface area contributed by atoms with E-state index in [4.69, 9.17) is 10.5 Å². The first-order valence-electron chi connectivity index (χ1n) is 8.80. The summed E-state index contributed by atoms with van der Waals surface area (Å²) >= 11 is 0. The normalized spacial score (nSPS) is 21.0. The Kier molecular flexibility index (Phi) is 4.69. The fourth-order valence-corrected chi connectivity index (χ4v) is 3.38. The maximum atomic E-state index is 10.5. The molecule has 1 aliphatic heterocycles. The second-order valence-corrected chi connectivity index (χ2v) is 6.65. The van der Waals surface area contributed by atoms with Gasteiger partial charge in [-0.2, -0.15) is 0 Å². The Morgan fingerprint density at radius 3 is 2.85 bits per heavy atom. The van der Waals surface area contributed by atoms with E-state index in [9.17, 15) is 5.11 Å². The highest BCUT2D eigenvalue weighted by Crippen LogP contribution is 2.24. The first-order valence-corrected chi connectivity index (χ1v) is 8.80. The number of fused-ring (bicyclic) bond motifs is 1. The summed E-state index contributed by atoms with van der Waals surface area (Å²) in [6.07, 6.45) is 3.45. The first kappa shape index (κ1) is 16.8. The molecule has 1 aliphatic rings. The second kappa shape index (κ2) is 7.27. The Morgan fingerprint density at radius 2 is 2.00 bits per heavy atom. The molecule has 0 unspecified atom stereocenters. The van der Waals surface area contributed by atoms with E-state index in [1.807, 2.05) is 42.5 Å². The predicted octanol–water partition coefficient (Wildman–Crippen LogP) is 2.23. The van der Waals surface area contributed by atoms with Crippen LogP contribution in [-0.2, 0) is 6.54 Å². The molecular weight excluding hydrogens is 328 g/mol. The van der Waals surface area contributed by atoms with Gasteiger partial charge in [0.1, 0.15) is 23.8 Å². The lowest BCUT2D eigenvalue weighted by Gasteiger charge is -2.36. The molecule has 0 radical (unpaired) electrons. The molecule has 6 heteroatoms. The lowest BCUT2D eigenvalue weighted by atomic mass is 10.0. The molecule has 2 atom stereocenters. The van der Waals surface area contributed by atoms with Crippen LogP contribution >= 0.6 is 0 Å². The van der Waals surface area contributed by atoms with Gasteiger partial charge in [-0.15, -0.1) is 0 Å². The van der Waals surface area contributed by atoms with Crippen LogP contribution in [0.3, 0.4) is 0 Å². The van der Waals surface area contributed by atoms with Gasteiger partial charge in [0.2, 0.25) is 0 Å². The minimum absolute atomic E-state index is 0.216. The van der Waals surface area contributed by atoms with Crippen LogP contribution in [0.1, 0.15) is 12.0 Å². The lowest BCUT2D eigenvalue weighted by Crippen LogP contribution is -2.48. The van der Waals surface area contributed by atoms with Crippen LogP contribution < -0.4 is 10.5 Å². The van der Waals surface area contributed by atoms with E-state index in [1.54, 1.807) is 12.4 Å². The highest BCUT2D eigenvalue weighted by molar-refractivity contribution is 5.79. The van der Waals surface area contributed by atoms with Gasteiger partial charge in [0.25, 0.3) is 0 Å². The monoisotopic (exact) mass is 350 g/mol. The minimum atomic E-state index is -0.550. The van der Waals surface area contributed by atoms with Crippen molar-refractivity contribution in [1.82, 2.24) is 14.9 Å². The van der Waals surface area contributed by atoms with Crippen LogP contribution in [0.2, 0.25) is 0 Å². The molecule has 26 heavy (non-hydrogen) atoms. The lowest BCUT2D eigenvalue weighted by molar-refractivity contribution is -0.0274. The van der Waals surface area contributed by atoms with Crippen molar-refractivity contribution in [2.75, 3.05) is 18.8 Å². The van der Waals surface area contributed by atoms with E-state index in [2.05, 4.69) is 14.9 Å². The molecule has 1 aromatic carbocycles. The highest BCUT2D eigenvalue weighted by atomic mass is 16.5. The molecule has 0 bridgehead atoms. The van der Waals surface area contributed by atoms with Crippen molar-refractivity contribution < 1.29 is 9.84 Å². The number of rotatable bonds is 4. The largest absolute Gasteiger partial charge is 0.488 e. The number of aromatic nitrogens is 2. The number of benzene rings is 1. The molecule has 0 aliphatic carbocycles. The van der Waals surface area contributed by atoms with Gasteiger partial charge in [-0.3, -0.25) is 9.88 Å². The number of nitrogens with zero attached hydrogens (tertiary/aromatic N) is 3. The molecule has 134 valence electrons. The Labute approximate surface area is 152 Å². The molecule has 0 amide bonds. The number of aliphatic hydroxyl groups excluding tert-OH is 1. The van der Waals surface area contributed by atoms with Gasteiger partial charge < -0.3 is 15.6 Å². The molecule has 1 fully saturated rings. The average Bonchev–Trinajstić information content (AvgIpc) is 2.66. The predicted molar refractivity (Wildman–Crippen MR) is 101 cm³/mol. The molecule has 3 aromatic rings. The number of nitrogens with two attached hydrogens (primary N) is 1. The van der Waals surface area contributed by atoms with Gasteiger partial charge in [0.15, 0.2) is 0 Å². The van der Waals surface area contributed by atoms with Crippen molar-refractivity contribution in [3.05, 3.63) is 60.4 Å². The third-order valence-corrected chi connectivity index (χ3v) is 4.79. The van der Waals surface area contributed by atoms with Gasteiger partial charge >= 0.3 is 0 Å². The van der Waals surface area contributed by atoms with Gasteiger partial charge in [0, 0.05) is 43.0 Å². The standard InChI is InChI=1S/C20H22N4O2/c21-20-15(4-2-9-23-20)12-24-10-7-19(18(25)13-24)26-16-5-6-17-14(11-16)3-1-8-22-17/h1-6,8-9,11,18-19,25H,7,10,12-13H2,(H2,21,23)/t18-,19-/m1/s1. The number of hydrogen-bond donors (Lipinski definition) is 2. The number of pyridine rings is 2. The number of anilines is 1. The van der Waals surface area contributed by atoms with Crippen LogP contribution in [0.4, 0.5) is 5.82 Å². The van der Waals surface area contributed by atoms with Crippen LogP contribution in [0, 0.1) is 0 Å². The maximum Gasteiger partial charge on any atom is 0.127 e. The van der Waals surface area contributed by atoms with Crippen molar-refractivity contribution in [1.29, 1.82) is 0 Å². The summed E-state index contributed by atoms with van der Waals surface area (Å²) in [5.74, 6) is 1.31. The minimum Gasteiger partial charge on any atom is -0.488 e. The quantitative estimate of drug-likeness (QED) is 0.751. The molecule has 2 aromatic heterocycles. The molecule has 0 saturated carbocycles. The Hall–Kier alpha value is -2.70. The first-order chi connectivity index (χ1) is 12.7. The summed E-state index contributed by atoms with van der Waals surface area (Å²) in [6.45, 7) is 2.07. The molecule has 4 rings (SSSR count). The fourth-order valence-electron chi connectivity index (χ4n) is 3.38. The molecule has 3 N–H and O–H groups in total. The number of aliphatic hydroxyl groups is 1. The summed E-state index contributed by atoms with van der Waals surface area (Å²) in [4.78, 5) is 10.6. The summed E-state index contributed by atoms with van der Waals surface area (Å²) in [5, 5.41) is 11.6. The Balaban J connectivity index is 1.39. The number of β-amino-alcohol motifs (C(OH)–C–C–N with tert-alkyl or cyclic N) is 1. The van der Waals surface area contributed by atoms with Crippen molar-refractivity contribution in [3.63, 3.8) is 0 Å². The van der Waals surface area contributed by atoms with Gasteiger partial charge in [-0.25, -0.2) is 4.98 Å². The number of piperidine rings is 1. The van der Waals surface area contributed by atoms with Crippen LogP contribution in [0.15, 0.2) is 54.9 Å². The Bertz CT molecular complexity index is 902. The molecule has 6 nitrogen and oxygen atoms in total. The highest BCUT2D eigenvalue weighted by Gasteiger charge is 2.29. The molecular formula is C20H22N4O2. The van der Waals surface area contributed by atoms with E-state index >= 15 is 0 Å². The van der Waals surface area contributed by atoms with E-state index in [-0.39, 0.29) is 6.10 Å². The van der Waals surface area contributed by atoms with Gasteiger partial charge in [0.05, 0.1) is 5.52 Å². The van der Waals surface area contributed by atoms with Crippen LogP contribution in [-0.4, -0.2) is 45.3 Å². The van der Waals surface area contributed by atoms with Crippen molar-refractivity contribution >= 4 is 16.7 Å².